The molecule has 0 fully saturated rings. The summed E-state index contributed by atoms with van der Waals surface area (Å²) in [5.74, 6) is 0.440. The number of nitrogens with one attached hydrogen (secondary N) is 1. The van der Waals surface area contributed by atoms with Gasteiger partial charge in [0.25, 0.3) is 0 Å². The van der Waals surface area contributed by atoms with Crippen LogP contribution in [0.4, 0.5) is 5.69 Å². The average Bonchev–Trinajstić information content (AvgIpc) is 2.83. The first kappa shape index (κ1) is 26.9. The van der Waals surface area contributed by atoms with E-state index in [4.69, 9.17) is 4.74 Å². The summed E-state index contributed by atoms with van der Waals surface area (Å²) in [6.45, 7) is 3.68. The fourth-order valence-corrected chi connectivity index (χ4v) is 3.71. The molecule has 188 valence electrons. The van der Waals surface area contributed by atoms with Crippen molar-refractivity contribution < 1.29 is 14.3 Å². The second-order valence-electron chi connectivity index (χ2n) is 9.28. The van der Waals surface area contributed by atoms with Gasteiger partial charge in [-0.05, 0) is 88.2 Å². The zero-order valence-electron chi connectivity index (χ0n) is 21.7. The zero-order chi connectivity index (χ0) is 26.1. The molecule has 3 aromatic carbocycles. The molecule has 0 spiro atoms. The summed E-state index contributed by atoms with van der Waals surface area (Å²) < 4.78 is 6.05. The number of benzene rings is 3. The lowest BCUT2D eigenvalue weighted by Gasteiger charge is -2.14. The van der Waals surface area contributed by atoms with Gasteiger partial charge in [0, 0.05) is 23.4 Å². The predicted molar refractivity (Wildman–Crippen MR) is 148 cm³/mol. The van der Waals surface area contributed by atoms with E-state index in [1.165, 1.54) is 5.56 Å². The zero-order valence-corrected chi connectivity index (χ0v) is 21.7. The molecule has 0 atom stereocenters. The van der Waals surface area contributed by atoms with Crippen molar-refractivity contribution in [2.45, 2.75) is 6.92 Å². The molecule has 0 saturated carbocycles. The lowest BCUT2D eigenvalue weighted by atomic mass is 9.98. The first-order chi connectivity index (χ1) is 17.2. The van der Waals surface area contributed by atoms with Crippen LogP contribution in [0.5, 0.6) is 5.75 Å². The highest BCUT2D eigenvalue weighted by Crippen LogP contribution is 2.30. The second-order valence-corrected chi connectivity index (χ2v) is 9.28. The van der Waals surface area contributed by atoms with E-state index in [2.05, 4.69) is 35.3 Å². The molecule has 0 unspecified atom stereocenters. The SMILES string of the molecule is Cc1ccccc1-c1ccc(OCCN(C)C)c(/C=C/C(=O)c2cccc(NC(=O)CN(C)C)c2)c1. The standard InChI is InChI=1S/C30H35N3O3/c1-22-9-6-7-12-27(22)23-14-16-29(36-18-17-32(2)3)25(19-23)13-15-28(34)24-10-8-11-26(20-24)31-30(35)21-33(4)5/h6-16,19-20H,17-18,21H2,1-5H3,(H,31,35)/b15-13+. The highest BCUT2D eigenvalue weighted by atomic mass is 16.5. The van der Waals surface area contributed by atoms with E-state index in [0.29, 0.717) is 17.9 Å². The maximum absolute atomic E-state index is 13.0. The Labute approximate surface area is 214 Å². The largest absolute Gasteiger partial charge is 0.492 e. The van der Waals surface area contributed by atoms with E-state index in [9.17, 15) is 9.59 Å². The topological polar surface area (TPSA) is 61.9 Å². The van der Waals surface area contributed by atoms with Crippen LogP contribution >= 0.6 is 0 Å². The van der Waals surface area contributed by atoms with Gasteiger partial charge in [-0.2, -0.15) is 0 Å². The van der Waals surface area contributed by atoms with Gasteiger partial charge in [-0.15, -0.1) is 0 Å². The third kappa shape index (κ3) is 7.90. The lowest BCUT2D eigenvalue weighted by molar-refractivity contribution is -0.116. The Kier molecular flexibility index (Phi) is 9.56. The smallest absolute Gasteiger partial charge is 0.238 e. The minimum Gasteiger partial charge on any atom is -0.492 e. The van der Waals surface area contributed by atoms with E-state index < -0.39 is 0 Å². The first-order valence-corrected chi connectivity index (χ1v) is 12.0. The summed E-state index contributed by atoms with van der Waals surface area (Å²) >= 11 is 0. The van der Waals surface area contributed by atoms with Crippen molar-refractivity contribution in [3.8, 4) is 16.9 Å². The van der Waals surface area contributed by atoms with Crippen LogP contribution in [-0.4, -0.2) is 69.4 Å². The molecule has 0 aliphatic heterocycles. The molecule has 3 rings (SSSR count). The minimum atomic E-state index is -0.153. The number of amides is 1. The molecular formula is C30H35N3O3. The number of ketones is 1. The van der Waals surface area contributed by atoms with E-state index in [1.54, 1.807) is 41.3 Å². The number of ether oxygens (including phenoxy) is 1. The minimum absolute atomic E-state index is 0.132. The molecule has 6 nitrogen and oxygen atoms in total. The van der Waals surface area contributed by atoms with Gasteiger partial charge in [0.1, 0.15) is 12.4 Å². The summed E-state index contributed by atoms with van der Waals surface area (Å²) in [6, 6.07) is 21.2. The van der Waals surface area contributed by atoms with Crippen molar-refractivity contribution >= 4 is 23.5 Å². The molecule has 1 N–H and O–H groups in total. The van der Waals surface area contributed by atoms with Crippen LogP contribution in [0.3, 0.4) is 0 Å². The number of rotatable bonds is 11. The average molecular weight is 486 g/mol. The van der Waals surface area contributed by atoms with Crippen molar-refractivity contribution in [2.75, 3.05) is 53.2 Å². The van der Waals surface area contributed by atoms with E-state index in [-0.39, 0.29) is 18.2 Å². The Bertz CT molecular complexity index is 1230. The number of carbonyl (C=O) groups excluding carboxylic acids is 2. The molecular weight excluding hydrogens is 450 g/mol. The normalized spacial score (nSPS) is 11.3. The maximum atomic E-state index is 13.0. The molecule has 0 saturated heterocycles. The number of hydrogen-bond donors (Lipinski definition) is 1. The Balaban J connectivity index is 1.85. The molecule has 0 bridgehead atoms. The predicted octanol–water partition coefficient (Wildman–Crippen LogP) is 5.00. The van der Waals surface area contributed by atoms with Crippen LogP contribution in [0.15, 0.2) is 72.8 Å². The fraction of sp³-hybridized carbons (Fsp3) is 0.267. The Morgan fingerprint density at radius 3 is 2.42 bits per heavy atom. The molecule has 3 aromatic rings. The Morgan fingerprint density at radius 2 is 1.69 bits per heavy atom. The fourth-order valence-electron chi connectivity index (χ4n) is 3.71. The summed E-state index contributed by atoms with van der Waals surface area (Å²) in [5.41, 5.74) is 5.30. The van der Waals surface area contributed by atoms with Gasteiger partial charge in [0.15, 0.2) is 5.78 Å². The number of nitrogens with zero attached hydrogens (tertiary/aromatic N) is 2. The van der Waals surface area contributed by atoms with E-state index in [1.807, 2.05) is 52.5 Å². The monoisotopic (exact) mass is 485 g/mol. The van der Waals surface area contributed by atoms with Crippen LogP contribution < -0.4 is 10.1 Å². The number of hydrogen-bond acceptors (Lipinski definition) is 5. The highest BCUT2D eigenvalue weighted by Gasteiger charge is 2.10. The van der Waals surface area contributed by atoms with Crippen LogP contribution in [0.25, 0.3) is 17.2 Å². The number of likely N-dealkylation sites (N-methyl/N-ethyl adjacent to an activating group) is 2. The first-order valence-electron chi connectivity index (χ1n) is 12.0. The molecule has 6 heteroatoms. The van der Waals surface area contributed by atoms with Gasteiger partial charge in [-0.3, -0.25) is 9.59 Å². The molecule has 0 aliphatic carbocycles. The van der Waals surface area contributed by atoms with Gasteiger partial charge in [0.05, 0.1) is 6.54 Å². The molecule has 36 heavy (non-hydrogen) atoms. The molecule has 0 aliphatic rings. The number of anilines is 1. The van der Waals surface area contributed by atoms with Crippen LogP contribution in [0, 0.1) is 6.92 Å². The van der Waals surface area contributed by atoms with Crippen LogP contribution in [0.2, 0.25) is 0 Å². The van der Waals surface area contributed by atoms with E-state index >= 15 is 0 Å². The quantitative estimate of drug-likeness (QED) is 0.306. The second kappa shape index (κ2) is 12.8. The Morgan fingerprint density at radius 1 is 0.917 bits per heavy atom. The molecule has 0 heterocycles. The number of carbonyl (C=O) groups is 2. The highest BCUT2D eigenvalue weighted by molar-refractivity contribution is 6.08. The van der Waals surface area contributed by atoms with Crippen molar-refractivity contribution in [3.05, 3.63) is 89.5 Å². The Hall–Kier alpha value is -3.74. The van der Waals surface area contributed by atoms with Gasteiger partial charge < -0.3 is 19.9 Å². The summed E-state index contributed by atoms with van der Waals surface area (Å²) in [4.78, 5) is 28.9. The van der Waals surface area contributed by atoms with Gasteiger partial charge in [-0.1, -0.05) is 42.5 Å². The van der Waals surface area contributed by atoms with Gasteiger partial charge in [-0.25, -0.2) is 0 Å². The summed E-state index contributed by atoms with van der Waals surface area (Å²) in [6.07, 6.45) is 3.35. The van der Waals surface area contributed by atoms with E-state index in [0.717, 1.165) is 29.0 Å². The van der Waals surface area contributed by atoms with Crippen molar-refractivity contribution in [1.82, 2.24) is 9.80 Å². The maximum Gasteiger partial charge on any atom is 0.238 e. The third-order valence-corrected chi connectivity index (χ3v) is 5.57. The summed E-state index contributed by atoms with van der Waals surface area (Å²) in [5, 5.41) is 2.83. The van der Waals surface area contributed by atoms with Crippen molar-refractivity contribution in [1.29, 1.82) is 0 Å². The van der Waals surface area contributed by atoms with Gasteiger partial charge >= 0.3 is 0 Å². The molecule has 0 radical (unpaired) electrons. The third-order valence-electron chi connectivity index (χ3n) is 5.57. The lowest BCUT2D eigenvalue weighted by Crippen LogP contribution is -2.27. The molecule has 1 amide bonds. The summed E-state index contributed by atoms with van der Waals surface area (Å²) in [7, 11) is 7.66. The number of allylic oxidation sites excluding steroid dienone is 1. The van der Waals surface area contributed by atoms with Crippen molar-refractivity contribution in [2.24, 2.45) is 0 Å². The van der Waals surface area contributed by atoms with Crippen LogP contribution in [-0.2, 0) is 4.79 Å². The number of aryl methyl sites for hydroxylation is 1. The van der Waals surface area contributed by atoms with Crippen LogP contribution in [0.1, 0.15) is 21.5 Å². The molecule has 0 aromatic heterocycles. The van der Waals surface area contributed by atoms with Gasteiger partial charge in [0.2, 0.25) is 5.91 Å². The van der Waals surface area contributed by atoms with Crippen molar-refractivity contribution in [3.63, 3.8) is 0 Å².